The fourth-order valence-electron chi connectivity index (χ4n) is 3.63. The number of benzene rings is 1. The van der Waals surface area contributed by atoms with Gasteiger partial charge in [-0.2, -0.15) is 0 Å². The van der Waals surface area contributed by atoms with Crippen LogP contribution < -0.4 is 5.69 Å². The molecule has 3 rings (SSSR count). The van der Waals surface area contributed by atoms with Crippen LogP contribution in [-0.4, -0.2) is 52.9 Å². The molecule has 1 aromatic heterocycles. The highest BCUT2D eigenvalue weighted by Gasteiger charge is 2.28. The molecule has 1 unspecified atom stereocenters. The molecule has 1 amide bonds. The third-order valence-electron chi connectivity index (χ3n) is 5.14. The number of amides is 1. The molecule has 1 aromatic carbocycles. The second-order valence-corrected chi connectivity index (χ2v) is 6.96. The third-order valence-corrected chi connectivity index (χ3v) is 5.14. The Morgan fingerprint density at radius 3 is 2.35 bits per heavy atom. The lowest BCUT2D eigenvalue weighted by atomic mass is 9.89. The number of rotatable bonds is 4. The molecule has 0 spiro atoms. The Hall–Kier alpha value is -2.05. The van der Waals surface area contributed by atoms with Gasteiger partial charge in [-0.15, -0.1) is 12.4 Å². The zero-order valence-corrected chi connectivity index (χ0v) is 16.3. The molecule has 1 aliphatic heterocycles. The number of imidazole rings is 1. The summed E-state index contributed by atoms with van der Waals surface area (Å²) in [5, 5.41) is 0. The minimum absolute atomic E-state index is 0. The standard InChI is InChI=1S/C19H26N4O2.ClH/c1-13(16-17(18(24)22(2)3)21-19(25)20-16)23-11-9-15(10-12-23)14-7-5-4-6-8-14;/h4-8,13,15H,9-12H2,1-3H3,(H2,20,21,25);1H. The predicted molar refractivity (Wildman–Crippen MR) is 105 cm³/mol. The van der Waals surface area contributed by atoms with Gasteiger partial charge in [-0.25, -0.2) is 4.79 Å². The summed E-state index contributed by atoms with van der Waals surface area (Å²) in [6, 6.07) is 10.6. The maximum Gasteiger partial charge on any atom is 0.323 e. The highest BCUT2D eigenvalue weighted by Crippen LogP contribution is 2.32. The number of halogens is 1. The van der Waals surface area contributed by atoms with Gasteiger partial charge in [0.15, 0.2) is 0 Å². The molecule has 2 aromatic rings. The molecule has 142 valence electrons. The summed E-state index contributed by atoms with van der Waals surface area (Å²) in [5.41, 5.74) is 2.12. The molecular weight excluding hydrogens is 352 g/mol. The monoisotopic (exact) mass is 378 g/mol. The number of aromatic nitrogens is 2. The number of nitrogens with one attached hydrogen (secondary N) is 2. The summed E-state index contributed by atoms with van der Waals surface area (Å²) in [6.45, 7) is 3.95. The third kappa shape index (κ3) is 4.19. The Morgan fingerprint density at radius 2 is 1.77 bits per heavy atom. The van der Waals surface area contributed by atoms with Crippen molar-refractivity contribution in [3.63, 3.8) is 0 Å². The molecule has 0 radical (unpaired) electrons. The van der Waals surface area contributed by atoms with Crippen molar-refractivity contribution in [1.29, 1.82) is 0 Å². The van der Waals surface area contributed by atoms with Crippen LogP contribution in [0.1, 0.15) is 53.5 Å². The fourth-order valence-corrected chi connectivity index (χ4v) is 3.63. The quantitative estimate of drug-likeness (QED) is 0.859. The highest BCUT2D eigenvalue weighted by atomic mass is 35.5. The van der Waals surface area contributed by atoms with Crippen LogP contribution >= 0.6 is 12.4 Å². The highest BCUT2D eigenvalue weighted by molar-refractivity contribution is 5.93. The van der Waals surface area contributed by atoms with Crippen molar-refractivity contribution < 1.29 is 4.79 Å². The van der Waals surface area contributed by atoms with E-state index in [-0.39, 0.29) is 30.0 Å². The lowest BCUT2D eigenvalue weighted by Gasteiger charge is -2.36. The van der Waals surface area contributed by atoms with Crippen molar-refractivity contribution in [3.8, 4) is 0 Å². The number of hydrogen-bond acceptors (Lipinski definition) is 3. The Labute approximate surface area is 160 Å². The van der Waals surface area contributed by atoms with E-state index in [0.29, 0.717) is 17.3 Å². The second kappa shape index (κ2) is 8.56. The molecule has 6 nitrogen and oxygen atoms in total. The molecule has 26 heavy (non-hydrogen) atoms. The van der Waals surface area contributed by atoms with E-state index in [9.17, 15) is 9.59 Å². The van der Waals surface area contributed by atoms with Crippen molar-refractivity contribution in [2.24, 2.45) is 0 Å². The molecule has 1 fully saturated rings. The molecule has 1 aliphatic rings. The average molecular weight is 379 g/mol. The van der Waals surface area contributed by atoms with Crippen LogP contribution in [0.5, 0.6) is 0 Å². The molecule has 0 saturated carbocycles. The van der Waals surface area contributed by atoms with E-state index in [4.69, 9.17) is 0 Å². The molecule has 7 heteroatoms. The van der Waals surface area contributed by atoms with E-state index < -0.39 is 0 Å². The summed E-state index contributed by atoms with van der Waals surface area (Å²) in [6.07, 6.45) is 2.17. The van der Waals surface area contributed by atoms with E-state index in [1.165, 1.54) is 10.5 Å². The lowest BCUT2D eigenvalue weighted by Crippen LogP contribution is -2.36. The molecule has 0 bridgehead atoms. The lowest BCUT2D eigenvalue weighted by molar-refractivity contribution is 0.0816. The van der Waals surface area contributed by atoms with Gasteiger partial charge in [0.05, 0.1) is 5.69 Å². The Morgan fingerprint density at radius 1 is 1.15 bits per heavy atom. The number of H-pyrrole nitrogens is 2. The first-order chi connectivity index (χ1) is 12.0. The fraction of sp³-hybridized carbons (Fsp3) is 0.474. The van der Waals surface area contributed by atoms with Crippen molar-refractivity contribution in [3.05, 3.63) is 57.8 Å². The smallest absolute Gasteiger partial charge is 0.323 e. The molecule has 1 atom stereocenters. The van der Waals surface area contributed by atoms with Crippen LogP contribution in [0.25, 0.3) is 0 Å². The van der Waals surface area contributed by atoms with Crippen molar-refractivity contribution in [2.45, 2.75) is 31.7 Å². The summed E-state index contributed by atoms with van der Waals surface area (Å²) < 4.78 is 0. The first-order valence-electron chi connectivity index (χ1n) is 8.80. The zero-order valence-electron chi connectivity index (χ0n) is 15.5. The minimum atomic E-state index is -0.328. The van der Waals surface area contributed by atoms with E-state index >= 15 is 0 Å². The number of carbonyl (C=O) groups is 1. The molecule has 1 saturated heterocycles. The molecule has 2 heterocycles. The zero-order chi connectivity index (χ0) is 18.0. The number of nitrogens with zero attached hydrogens (tertiary/aromatic N) is 2. The van der Waals surface area contributed by atoms with E-state index in [1.54, 1.807) is 14.1 Å². The Balaban J connectivity index is 0.00000243. The van der Waals surface area contributed by atoms with Gasteiger partial charge in [-0.3, -0.25) is 9.69 Å². The van der Waals surface area contributed by atoms with Crippen LogP contribution in [0.3, 0.4) is 0 Å². The van der Waals surface area contributed by atoms with Gasteiger partial charge in [0.25, 0.3) is 5.91 Å². The molecule has 2 N–H and O–H groups in total. The SMILES string of the molecule is CC(c1[nH]c(=O)[nH]c1C(=O)N(C)C)N1CCC(c2ccccc2)CC1.Cl. The van der Waals surface area contributed by atoms with Gasteiger partial charge in [-0.05, 0) is 44.3 Å². The Kier molecular flexibility index (Phi) is 6.67. The van der Waals surface area contributed by atoms with Crippen molar-refractivity contribution in [1.82, 2.24) is 19.8 Å². The van der Waals surface area contributed by atoms with Crippen LogP contribution in [0.15, 0.2) is 35.1 Å². The van der Waals surface area contributed by atoms with Gasteiger partial charge >= 0.3 is 5.69 Å². The van der Waals surface area contributed by atoms with E-state index in [2.05, 4.69) is 39.1 Å². The van der Waals surface area contributed by atoms with Gasteiger partial charge in [0.1, 0.15) is 5.69 Å². The largest absolute Gasteiger partial charge is 0.343 e. The first kappa shape index (κ1) is 20.3. The molecular formula is C19H27ClN4O2. The van der Waals surface area contributed by atoms with Crippen LogP contribution in [0.4, 0.5) is 0 Å². The number of likely N-dealkylation sites (tertiary alicyclic amines) is 1. The van der Waals surface area contributed by atoms with Crippen LogP contribution in [0, 0.1) is 0 Å². The van der Waals surface area contributed by atoms with E-state index in [0.717, 1.165) is 25.9 Å². The average Bonchev–Trinajstić information content (AvgIpc) is 3.03. The Bertz CT molecular complexity index is 776. The topological polar surface area (TPSA) is 72.2 Å². The van der Waals surface area contributed by atoms with Gasteiger partial charge in [0.2, 0.25) is 0 Å². The first-order valence-corrected chi connectivity index (χ1v) is 8.80. The van der Waals surface area contributed by atoms with Crippen molar-refractivity contribution >= 4 is 18.3 Å². The summed E-state index contributed by atoms with van der Waals surface area (Å²) in [5.74, 6) is 0.400. The summed E-state index contributed by atoms with van der Waals surface area (Å²) in [7, 11) is 3.38. The van der Waals surface area contributed by atoms with Crippen LogP contribution in [0.2, 0.25) is 0 Å². The predicted octanol–water partition coefficient (Wildman–Crippen LogP) is 2.77. The minimum Gasteiger partial charge on any atom is -0.343 e. The van der Waals surface area contributed by atoms with Crippen LogP contribution in [-0.2, 0) is 0 Å². The van der Waals surface area contributed by atoms with Gasteiger partial charge < -0.3 is 14.9 Å². The second-order valence-electron chi connectivity index (χ2n) is 6.96. The number of carbonyl (C=O) groups excluding carboxylic acids is 1. The van der Waals surface area contributed by atoms with Gasteiger partial charge in [-0.1, -0.05) is 30.3 Å². The van der Waals surface area contributed by atoms with Gasteiger partial charge in [0, 0.05) is 20.1 Å². The number of aromatic amines is 2. The van der Waals surface area contributed by atoms with E-state index in [1.807, 2.05) is 13.0 Å². The number of piperidine rings is 1. The number of hydrogen-bond donors (Lipinski definition) is 2. The summed E-state index contributed by atoms with van der Waals surface area (Å²) >= 11 is 0. The summed E-state index contributed by atoms with van der Waals surface area (Å²) in [4.78, 5) is 33.4. The van der Waals surface area contributed by atoms with Crippen molar-refractivity contribution in [2.75, 3.05) is 27.2 Å². The molecule has 0 aliphatic carbocycles. The normalized spacial score (nSPS) is 16.7. The maximum atomic E-state index is 12.3. The maximum absolute atomic E-state index is 12.3.